The summed E-state index contributed by atoms with van der Waals surface area (Å²) in [5.41, 5.74) is 5.24. The van der Waals surface area contributed by atoms with Gasteiger partial charge in [-0.15, -0.1) is 0 Å². The van der Waals surface area contributed by atoms with E-state index in [0.29, 0.717) is 71.8 Å². The third-order valence-electron chi connectivity index (χ3n) is 10.8. The van der Waals surface area contributed by atoms with Crippen LogP contribution in [-0.2, 0) is 34.4 Å². The molecule has 4 heterocycles. The number of piperidine rings is 1. The number of benzene rings is 3. The van der Waals surface area contributed by atoms with Gasteiger partial charge in [-0.3, -0.25) is 14.7 Å². The molecule has 298 valence electrons. The SMILES string of the molecule is Cc1c(COc2cc(OCc3cncc(S(C)(=O)=O)c3)c(CN3CCCCC3C(=O)O)cc2Cl)cccc1-c1ccc2c(c1)OC(CCN1CC[C@@H](O)C1)CO2. The van der Waals surface area contributed by atoms with Crippen LogP contribution in [0.2, 0.25) is 5.02 Å². The van der Waals surface area contributed by atoms with Gasteiger partial charge in [0.25, 0.3) is 0 Å². The van der Waals surface area contributed by atoms with Crippen LogP contribution in [0.3, 0.4) is 0 Å². The van der Waals surface area contributed by atoms with Crippen LogP contribution in [0.1, 0.15) is 54.4 Å². The van der Waals surface area contributed by atoms with Crippen molar-refractivity contribution in [2.75, 3.05) is 39.0 Å². The first-order valence-electron chi connectivity index (χ1n) is 19.0. The van der Waals surface area contributed by atoms with Crippen molar-refractivity contribution in [3.8, 4) is 34.1 Å². The number of aliphatic carboxylic acids is 1. The number of aliphatic hydroxyl groups excluding tert-OH is 1. The number of rotatable bonds is 14. The Morgan fingerprint density at radius 2 is 1.82 bits per heavy atom. The first-order valence-corrected chi connectivity index (χ1v) is 21.3. The summed E-state index contributed by atoms with van der Waals surface area (Å²) >= 11 is 6.85. The summed E-state index contributed by atoms with van der Waals surface area (Å²) in [6.45, 7) is 6.14. The summed E-state index contributed by atoms with van der Waals surface area (Å²) in [5, 5.41) is 20.2. The Morgan fingerprint density at radius 1 is 0.982 bits per heavy atom. The molecule has 0 spiro atoms. The van der Waals surface area contributed by atoms with E-state index < -0.39 is 21.8 Å². The number of β-amino-alcohol motifs (C(OH)–C–C–N with tert-alkyl or cyclic N) is 1. The van der Waals surface area contributed by atoms with E-state index in [-0.39, 0.29) is 30.3 Å². The normalized spacial score (nSPS) is 20.2. The Labute approximate surface area is 332 Å². The number of likely N-dealkylation sites (tertiary alicyclic amines) is 2. The zero-order valence-electron chi connectivity index (χ0n) is 31.7. The minimum Gasteiger partial charge on any atom is -0.488 e. The highest BCUT2D eigenvalue weighted by molar-refractivity contribution is 7.90. The molecule has 7 rings (SSSR count). The monoisotopic (exact) mass is 805 g/mol. The maximum absolute atomic E-state index is 12.2. The largest absolute Gasteiger partial charge is 0.488 e. The number of fused-ring (bicyclic) bond motifs is 1. The molecule has 0 saturated carbocycles. The number of pyridine rings is 1. The second kappa shape index (κ2) is 17.4. The molecule has 0 amide bonds. The molecule has 3 aliphatic heterocycles. The number of nitrogens with zero attached hydrogens (tertiary/aromatic N) is 3. The molecule has 0 radical (unpaired) electrons. The molecule has 0 aliphatic carbocycles. The summed E-state index contributed by atoms with van der Waals surface area (Å²) in [5.74, 6) is 1.39. The fourth-order valence-corrected chi connectivity index (χ4v) is 8.46. The lowest BCUT2D eigenvalue weighted by Crippen LogP contribution is -2.44. The van der Waals surface area contributed by atoms with Crippen molar-refractivity contribution in [3.05, 3.63) is 94.3 Å². The Bertz CT molecular complexity index is 2170. The van der Waals surface area contributed by atoms with Crippen LogP contribution in [0.4, 0.5) is 0 Å². The summed E-state index contributed by atoms with van der Waals surface area (Å²) in [7, 11) is -3.47. The molecule has 2 N–H and O–H groups in total. The number of hydrogen-bond acceptors (Lipinski definition) is 11. The van der Waals surface area contributed by atoms with Crippen LogP contribution in [0, 0.1) is 6.92 Å². The molecule has 2 fully saturated rings. The summed E-state index contributed by atoms with van der Waals surface area (Å²) in [4.78, 5) is 20.5. The van der Waals surface area contributed by atoms with E-state index in [2.05, 4.69) is 16.0 Å². The standard InChI is InChI=1S/C42H48ClN3O9S/c1-27-30(6-5-7-35(27)29-9-10-38-41(18-29)55-33(26-54-38)12-15-45-14-11-32(47)23-45)25-53-40-19-39(52-24-28-16-34(21-44-20-28)56(2,50)51)31(17-36(40)43)22-46-13-4-3-8-37(46)42(48)49/h5-7,9-10,16-21,32-33,37,47H,3-4,8,11-15,22-26H2,1-2H3,(H,48,49)/t32-,33?,37?/m1/s1. The number of hydrogen-bond donors (Lipinski definition) is 2. The average Bonchev–Trinajstić information content (AvgIpc) is 3.61. The lowest BCUT2D eigenvalue weighted by Gasteiger charge is -2.33. The number of ether oxygens (including phenoxy) is 4. The van der Waals surface area contributed by atoms with Gasteiger partial charge < -0.3 is 34.1 Å². The van der Waals surface area contributed by atoms with E-state index in [9.17, 15) is 23.4 Å². The minimum atomic E-state index is -3.47. The van der Waals surface area contributed by atoms with E-state index in [1.165, 1.54) is 12.3 Å². The lowest BCUT2D eigenvalue weighted by atomic mass is 9.96. The van der Waals surface area contributed by atoms with Gasteiger partial charge in [-0.1, -0.05) is 42.3 Å². The van der Waals surface area contributed by atoms with Crippen LogP contribution in [0.25, 0.3) is 11.1 Å². The van der Waals surface area contributed by atoms with E-state index in [4.69, 9.17) is 30.5 Å². The topological polar surface area (TPSA) is 148 Å². The fourth-order valence-electron chi connectivity index (χ4n) is 7.61. The number of carboxylic acid groups (broad SMARTS) is 1. The maximum atomic E-state index is 12.2. The van der Waals surface area contributed by atoms with Crippen molar-refractivity contribution < 1.29 is 42.4 Å². The Balaban J connectivity index is 1.08. The fraction of sp³-hybridized carbons (Fsp3) is 0.429. The highest BCUT2D eigenvalue weighted by atomic mass is 35.5. The summed E-state index contributed by atoms with van der Waals surface area (Å²) < 4.78 is 49.5. The van der Waals surface area contributed by atoms with Gasteiger partial charge in [0.2, 0.25) is 0 Å². The van der Waals surface area contributed by atoms with Crippen LogP contribution in [0.15, 0.2) is 71.9 Å². The van der Waals surface area contributed by atoms with Gasteiger partial charge in [0, 0.05) is 68.4 Å². The quantitative estimate of drug-likeness (QED) is 0.147. The van der Waals surface area contributed by atoms with Gasteiger partial charge in [-0.2, -0.15) is 0 Å². The van der Waals surface area contributed by atoms with Crippen molar-refractivity contribution in [1.82, 2.24) is 14.8 Å². The molecule has 2 unspecified atom stereocenters. The molecule has 2 saturated heterocycles. The van der Waals surface area contributed by atoms with Crippen LogP contribution >= 0.6 is 11.6 Å². The predicted molar refractivity (Wildman–Crippen MR) is 211 cm³/mol. The summed E-state index contributed by atoms with van der Waals surface area (Å²) in [6, 6.07) is 16.4. The Morgan fingerprint density at radius 3 is 2.61 bits per heavy atom. The maximum Gasteiger partial charge on any atom is 0.320 e. The molecule has 14 heteroatoms. The van der Waals surface area contributed by atoms with Gasteiger partial charge in [-0.25, -0.2) is 8.42 Å². The molecule has 12 nitrogen and oxygen atoms in total. The number of carboxylic acids is 1. The van der Waals surface area contributed by atoms with E-state index in [1.807, 2.05) is 42.2 Å². The first kappa shape index (κ1) is 39.8. The van der Waals surface area contributed by atoms with Gasteiger partial charge in [0.1, 0.15) is 43.5 Å². The number of aliphatic hydroxyl groups is 1. The number of halogens is 1. The molecule has 3 aromatic carbocycles. The van der Waals surface area contributed by atoms with Crippen LogP contribution in [0.5, 0.6) is 23.0 Å². The Hall–Kier alpha value is -4.40. The summed E-state index contributed by atoms with van der Waals surface area (Å²) in [6.07, 6.45) is 7.56. The first-order chi connectivity index (χ1) is 26.9. The third kappa shape index (κ3) is 9.58. The molecule has 3 aliphatic rings. The van der Waals surface area contributed by atoms with Crippen LogP contribution in [-0.4, -0.2) is 96.7 Å². The third-order valence-corrected chi connectivity index (χ3v) is 12.2. The van der Waals surface area contributed by atoms with Crippen LogP contribution < -0.4 is 18.9 Å². The molecule has 0 bridgehead atoms. The van der Waals surface area contributed by atoms with Gasteiger partial charge in [-0.05, 0) is 79.3 Å². The molecule has 4 aromatic rings. The van der Waals surface area contributed by atoms with Gasteiger partial charge in [0.15, 0.2) is 21.3 Å². The zero-order valence-corrected chi connectivity index (χ0v) is 33.2. The number of sulfone groups is 1. The number of carbonyl (C=O) groups is 1. The lowest BCUT2D eigenvalue weighted by molar-refractivity contribution is -0.144. The van der Waals surface area contributed by atoms with Crippen molar-refractivity contribution in [3.63, 3.8) is 0 Å². The highest BCUT2D eigenvalue weighted by Crippen LogP contribution is 2.39. The molecule has 56 heavy (non-hydrogen) atoms. The Kier molecular flexibility index (Phi) is 12.4. The molecule has 3 atom stereocenters. The predicted octanol–water partition coefficient (Wildman–Crippen LogP) is 6.31. The number of aromatic nitrogens is 1. The second-order valence-corrected chi connectivity index (χ2v) is 17.3. The van der Waals surface area contributed by atoms with E-state index in [0.717, 1.165) is 67.3 Å². The van der Waals surface area contributed by atoms with E-state index in [1.54, 1.807) is 18.3 Å². The molecular weight excluding hydrogens is 758 g/mol. The highest BCUT2D eigenvalue weighted by Gasteiger charge is 2.30. The zero-order chi connectivity index (χ0) is 39.4. The molecule has 1 aromatic heterocycles. The second-order valence-electron chi connectivity index (χ2n) is 14.9. The van der Waals surface area contributed by atoms with Crippen molar-refractivity contribution in [1.29, 1.82) is 0 Å². The van der Waals surface area contributed by atoms with Crippen molar-refractivity contribution in [2.24, 2.45) is 0 Å². The van der Waals surface area contributed by atoms with Crippen molar-refractivity contribution >= 4 is 27.4 Å². The van der Waals surface area contributed by atoms with E-state index >= 15 is 0 Å². The molecular formula is C42H48ClN3O9S. The average molecular weight is 806 g/mol. The van der Waals surface area contributed by atoms with Crippen molar-refractivity contribution in [2.45, 2.75) is 81.9 Å². The van der Waals surface area contributed by atoms with Gasteiger partial charge >= 0.3 is 5.97 Å². The minimum absolute atomic E-state index is 0.0206. The smallest absolute Gasteiger partial charge is 0.320 e. The van der Waals surface area contributed by atoms with Gasteiger partial charge in [0.05, 0.1) is 16.0 Å².